The molecule has 2 aliphatic rings. The second-order valence-electron chi connectivity index (χ2n) is 8.31. The lowest BCUT2D eigenvalue weighted by molar-refractivity contribution is -0.137. The van der Waals surface area contributed by atoms with Crippen molar-refractivity contribution in [3.05, 3.63) is 106 Å². The van der Waals surface area contributed by atoms with Gasteiger partial charge in [-0.25, -0.2) is 0 Å². The summed E-state index contributed by atoms with van der Waals surface area (Å²) in [5, 5.41) is 7.30. The highest BCUT2D eigenvalue weighted by Crippen LogP contribution is 2.45. The molecule has 0 fully saturated rings. The Bertz CT molecular complexity index is 1270. The van der Waals surface area contributed by atoms with Crippen LogP contribution in [0.5, 0.6) is 0 Å². The van der Waals surface area contributed by atoms with E-state index in [1.165, 1.54) is 6.07 Å². The molecule has 0 spiro atoms. The fourth-order valence-electron chi connectivity index (χ4n) is 4.66. The second-order valence-corrected chi connectivity index (χ2v) is 8.72. The van der Waals surface area contributed by atoms with E-state index in [0.717, 1.165) is 29.1 Å². The van der Waals surface area contributed by atoms with Crippen LogP contribution in [-0.2, 0) is 11.0 Å². The summed E-state index contributed by atoms with van der Waals surface area (Å²) in [6.07, 6.45) is -3.71. The number of hydrogen-bond donors (Lipinski definition) is 2. The normalized spacial score (nSPS) is 20.3. The molecular formula is C26H20ClF3N2O. The average molecular weight is 469 g/mol. The molecule has 1 aliphatic heterocycles. The van der Waals surface area contributed by atoms with Crippen molar-refractivity contribution >= 4 is 28.8 Å². The van der Waals surface area contributed by atoms with Gasteiger partial charge in [0.05, 0.1) is 23.0 Å². The second kappa shape index (κ2) is 8.27. The van der Waals surface area contributed by atoms with Crippen LogP contribution in [0.2, 0.25) is 5.02 Å². The monoisotopic (exact) mass is 468 g/mol. The number of allylic oxidation sites excluding steroid dienone is 1. The quantitative estimate of drug-likeness (QED) is 0.413. The first-order valence-electron chi connectivity index (χ1n) is 10.6. The van der Waals surface area contributed by atoms with Crippen LogP contribution in [-0.4, -0.2) is 5.78 Å². The molecule has 2 atom stereocenters. The number of para-hydroxylation sites is 2. The fraction of sp³-hybridized carbons (Fsp3) is 0.192. The molecule has 0 saturated carbocycles. The summed E-state index contributed by atoms with van der Waals surface area (Å²) in [5.41, 5.74) is 3.20. The van der Waals surface area contributed by atoms with Crippen LogP contribution in [0.3, 0.4) is 0 Å². The average Bonchev–Trinajstić information content (AvgIpc) is 2.96. The number of benzene rings is 3. The molecule has 33 heavy (non-hydrogen) atoms. The van der Waals surface area contributed by atoms with Gasteiger partial charge < -0.3 is 10.6 Å². The number of hydrogen-bond acceptors (Lipinski definition) is 3. The van der Waals surface area contributed by atoms with Gasteiger partial charge in [0, 0.05) is 22.7 Å². The molecule has 168 valence electrons. The zero-order chi connectivity index (χ0) is 23.2. The maximum atomic E-state index is 13.5. The lowest BCUT2D eigenvalue weighted by Crippen LogP contribution is -2.27. The highest BCUT2D eigenvalue weighted by molar-refractivity contribution is 6.31. The minimum Gasteiger partial charge on any atom is -0.372 e. The van der Waals surface area contributed by atoms with Crippen LogP contribution < -0.4 is 10.6 Å². The molecule has 1 heterocycles. The summed E-state index contributed by atoms with van der Waals surface area (Å²) in [6.45, 7) is 0. The van der Waals surface area contributed by atoms with Crippen LogP contribution in [0, 0.1) is 0 Å². The van der Waals surface area contributed by atoms with Crippen molar-refractivity contribution in [1.29, 1.82) is 0 Å². The van der Waals surface area contributed by atoms with Gasteiger partial charge in [-0.15, -0.1) is 0 Å². The fourth-order valence-corrected chi connectivity index (χ4v) is 4.95. The summed E-state index contributed by atoms with van der Waals surface area (Å²) in [4.78, 5) is 13.5. The van der Waals surface area contributed by atoms with Crippen molar-refractivity contribution in [3.8, 4) is 0 Å². The number of carbonyl (C=O) groups is 1. The predicted molar refractivity (Wildman–Crippen MR) is 123 cm³/mol. The van der Waals surface area contributed by atoms with Gasteiger partial charge in [-0.3, -0.25) is 4.79 Å². The van der Waals surface area contributed by atoms with E-state index in [-0.39, 0.29) is 18.1 Å². The summed E-state index contributed by atoms with van der Waals surface area (Å²) >= 11 is 6.41. The van der Waals surface area contributed by atoms with E-state index in [2.05, 4.69) is 10.6 Å². The van der Waals surface area contributed by atoms with Gasteiger partial charge in [-0.05, 0) is 53.8 Å². The third kappa shape index (κ3) is 4.11. The van der Waals surface area contributed by atoms with Crippen LogP contribution in [0.1, 0.15) is 41.5 Å². The lowest BCUT2D eigenvalue weighted by atomic mass is 9.78. The van der Waals surface area contributed by atoms with Crippen molar-refractivity contribution in [2.45, 2.75) is 31.0 Å². The van der Waals surface area contributed by atoms with Gasteiger partial charge >= 0.3 is 6.18 Å². The maximum absolute atomic E-state index is 13.5. The summed E-state index contributed by atoms with van der Waals surface area (Å²) in [7, 11) is 0. The molecule has 0 aromatic heterocycles. The van der Waals surface area contributed by atoms with Crippen LogP contribution in [0.15, 0.2) is 84.1 Å². The molecular weight excluding hydrogens is 449 g/mol. The van der Waals surface area contributed by atoms with E-state index in [9.17, 15) is 18.0 Å². The molecule has 7 heteroatoms. The van der Waals surface area contributed by atoms with E-state index in [1.807, 2.05) is 42.5 Å². The van der Waals surface area contributed by atoms with Crippen molar-refractivity contribution in [2.75, 3.05) is 10.6 Å². The Balaban J connectivity index is 1.63. The van der Waals surface area contributed by atoms with Crippen LogP contribution >= 0.6 is 11.6 Å². The molecule has 3 nitrogen and oxygen atoms in total. The van der Waals surface area contributed by atoms with Crippen LogP contribution in [0.25, 0.3) is 0 Å². The maximum Gasteiger partial charge on any atom is 0.416 e. The molecule has 1 aliphatic carbocycles. The third-order valence-corrected chi connectivity index (χ3v) is 6.55. The molecule has 3 aromatic rings. The number of nitrogens with one attached hydrogen (secondary N) is 2. The standard InChI is InChI=1S/C26H20ClF3N2O/c27-19-9-2-1-8-18(19)16-13-22-24(23(33)14-16)25(32-21-11-4-3-10-20(21)31-22)15-6-5-7-17(12-15)26(28,29)30/h1-12,16,25,31-32H,13-14H2/t16-,25-/m0/s1. The predicted octanol–water partition coefficient (Wildman–Crippen LogP) is 7.34. The first-order chi connectivity index (χ1) is 15.8. The van der Waals surface area contributed by atoms with Crippen LogP contribution in [0.4, 0.5) is 24.5 Å². The lowest BCUT2D eigenvalue weighted by Gasteiger charge is -2.30. The van der Waals surface area contributed by atoms with Gasteiger partial charge in [0.2, 0.25) is 0 Å². The summed E-state index contributed by atoms with van der Waals surface area (Å²) in [6, 6.07) is 19.3. The van der Waals surface area contributed by atoms with E-state index in [1.54, 1.807) is 12.1 Å². The number of Topliss-reactive ketones (excluding diaryl/α,β-unsaturated/α-hetero) is 1. The van der Waals surface area contributed by atoms with E-state index >= 15 is 0 Å². The molecule has 3 aromatic carbocycles. The van der Waals surface area contributed by atoms with Gasteiger partial charge in [-0.1, -0.05) is 54.1 Å². The number of rotatable bonds is 2. The Labute approximate surface area is 194 Å². The van der Waals surface area contributed by atoms with Gasteiger partial charge in [0.25, 0.3) is 0 Å². The Hall–Kier alpha value is -3.25. The third-order valence-electron chi connectivity index (χ3n) is 6.20. The Morgan fingerprint density at radius 3 is 2.36 bits per heavy atom. The Kier molecular flexibility index (Phi) is 5.41. The number of halogens is 4. The van der Waals surface area contributed by atoms with Crippen molar-refractivity contribution in [3.63, 3.8) is 0 Å². The Morgan fingerprint density at radius 2 is 1.61 bits per heavy atom. The smallest absolute Gasteiger partial charge is 0.372 e. The first kappa shape index (κ1) is 21.6. The largest absolute Gasteiger partial charge is 0.416 e. The number of carbonyl (C=O) groups excluding carboxylic acids is 1. The van der Waals surface area contributed by atoms with Gasteiger partial charge in [-0.2, -0.15) is 13.2 Å². The number of ketones is 1. The molecule has 0 radical (unpaired) electrons. The summed E-state index contributed by atoms with van der Waals surface area (Å²) < 4.78 is 40.2. The zero-order valence-corrected chi connectivity index (χ0v) is 18.2. The highest BCUT2D eigenvalue weighted by Gasteiger charge is 2.37. The van der Waals surface area contributed by atoms with Gasteiger partial charge in [0.1, 0.15) is 0 Å². The number of fused-ring (bicyclic) bond motifs is 1. The Morgan fingerprint density at radius 1 is 0.879 bits per heavy atom. The van der Waals surface area contributed by atoms with E-state index < -0.39 is 17.8 Å². The topological polar surface area (TPSA) is 41.1 Å². The molecule has 2 N–H and O–H groups in total. The SMILES string of the molecule is O=C1C[C@@H](c2ccccc2Cl)CC2=C1[C@H](c1cccc(C(F)(F)F)c1)Nc1ccccc1N2. The highest BCUT2D eigenvalue weighted by atomic mass is 35.5. The minimum absolute atomic E-state index is 0.114. The molecule has 0 bridgehead atoms. The molecule has 0 amide bonds. The molecule has 0 saturated heterocycles. The van der Waals surface area contributed by atoms with Crippen molar-refractivity contribution < 1.29 is 18.0 Å². The zero-order valence-electron chi connectivity index (χ0n) is 17.4. The molecule has 5 rings (SSSR count). The first-order valence-corrected chi connectivity index (χ1v) is 11.0. The van der Waals surface area contributed by atoms with E-state index in [4.69, 9.17) is 11.6 Å². The van der Waals surface area contributed by atoms with E-state index in [0.29, 0.717) is 28.3 Å². The number of alkyl halides is 3. The molecule has 0 unspecified atom stereocenters. The van der Waals surface area contributed by atoms with Gasteiger partial charge in [0.15, 0.2) is 5.78 Å². The summed E-state index contributed by atoms with van der Waals surface area (Å²) in [5.74, 6) is -0.235. The van der Waals surface area contributed by atoms with Crippen molar-refractivity contribution in [1.82, 2.24) is 0 Å². The number of anilines is 2. The minimum atomic E-state index is -4.47. The van der Waals surface area contributed by atoms with Crippen molar-refractivity contribution in [2.24, 2.45) is 0 Å².